The fraction of sp³-hybridized carbons (Fsp3) is 0.286. The van der Waals surface area contributed by atoms with Crippen LogP contribution in [-0.4, -0.2) is 68.1 Å². The Labute approximate surface area is 192 Å². The minimum absolute atomic E-state index is 0.0792. The molecular weight excluding hydrogens is 448 g/mol. The highest BCUT2D eigenvalue weighted by atomic mass is 32.2. The summed E-state index contributed by atoms with van der Waals surface area (Å²) in [5.74, 6) is -1.55. The number of nitrogens with zero attached hydrogens (tertiary/aromatic N) is 5. The number of amides is 3. The van der Waals surface area contributed by atoms with Crippen molar-refractivity contribution >= 4 is 46.9 Å². The molecule has 0 fully saturated rings. The predicted molar refractivity (Wildman–Crippen MR) is 118 cm³/mol. The summed E-state index contributed by atoms with van der Waals surface area (Å²) < 4.78 is 6.69. The van der Waals surface area contributed by atoms with E-state index in [0.717, 1.165) is 4.90 Å². The molecule has 0 bridgehead atoms. The van der Waals surface area contributed by atoms with Crippen molar-refractivity contribution in [2.75, 3.05) is 25.2 Å². The predicted octanol–water partition coefficient (Wildman–Crippen LogP) is 1.41. The number of aryl methyl sites for hydroxylation is 2. The summed E-state index contributed by atoms with van der Waals surface area (Å²) in [5.41, 5.74) is 2.81. The second kappa shape index (κ2) is 8.62. The van der Waals surface area contributed by atoms with Crippen LogP contribution in [-0.2, 0) is 20.7 Å². The normalized spacial score (nSPS) is 12.9. The first-order valence-electron chi connectivity index (χ1n) is 9.88. The smallest absolute Gasteiger partial charge is 0.310 e. The summed E-state index contributed by atoms with van der Waals surface area (Å²) in [4.78, 5) is 58.4. The zero-order valence-corrected chi connectivity index (χ0v) is 19.1. The molecular formula is C21H20N6O5S. The first-order chi connectivity index (χ1) is 15.7. The zero-order chi connectivity index (χ0) is 23.9. The quantitative estimate of drug-likeness (QED) is 0.323. The third kappa shape index (κ3) is 4.16. The van der Waals surface area contributed by atoms with Gasteiger partial charge >= 0.3 is 5.97 Å². The van der Waals surface area contributed by atoms with Gasteiger partial charge in [0.1, 0.15) is 0 Å². The number of fused-ring (bicyclic) bond motifs is 2. The Bertz CT molecular complexity index is 1330. The van der Waals surface area contributed by atoms with Crippen molar-refractivity contribution in [1.29, 1.82) is 0 Å². The van der Waals surface area contributed by atoms with Gasteiger partial charge in [0.05, 0.1) is 17.5 Å². The van der Waals surface area contributed by atoms with Crippen molar-refractivity contribution in [3.05, 3.63) is 46.3 Å². The highest BCUT2D eigenvalue weighted by Crippen LogP contribution is 2.24. The third-order valence-electron chi connectivity index (χ3n) is 5.27. The van der Waals surface area contributed by atoms with E-state index in [1.807, 2.05) is 13.2 Å². The highest BCUT2D eigenvalue weighted by molar-refractivity contribution is 7.98. The molecule has 3 heterocycles. The van der Waals surface area contributed by atoms with Crippen molar-refractivity contribution in [3.8, 4) is 0 Å². The van der Waals surface area contributed by atoms with E-state index in [-0.39, 0.29) is 17.5 Å². The van der Waals surface area contributed by atoms with Crippen LogP contribution in [0.1, 0.15) is 37.7 Å². The molecule has 3 amide bonds. The Morgan fingerprint density at radius 1 is 1.12 bits per heavy atom. The van der Waals surface area contributed by atoms with Gasteiger partial charge in [-0.05, 0) is 38.3 Å². The number of ether oxygens (including phenoxy) is 1. The van der Waals surface area contributed by atoms with E-state index in [1.165, 1.54) is 37.0 Å². The summed E-state index contributed by atoms with van der Waals surface area (Å²) in [6.45, 7) is 3.08. The molecule has 1 aromatic carbocycles. The van der Waals surface area contributed by atoms with Crippen LogP contribution in [0.15, 0.2) is 23.4 Å². The maximum atomic E-state index is 12.4. The molecule has 4 rings (SSSR count). The molecule has 0 atom stereocenters. The second-order valence-electron chi connectivity index (χ2n) is 7.39. The topological polar surface area (TPSA) is 136 Å². The maximum Gasteiger partial charge on any atom is 0.310 e. The number of carbonyl (C=O) groups is 4. The van der Waals surface area contributed by atoms with Gasteiger partial charge in [-0.25, -0.2) is 9.50 Å². The van der Waals surface area contributed by atoms with Crippen LogP contribution >= 0.6 is 11.8 Å². The standard InChI is InChI=1S/C21H20N6O5S/c1-10-14(11(2)27-20(22-10)24-21(25-27)33-4)8-17(29)32-9-16(28)23-12-5-6-13-15(7-12)19(31)26(3)18(13)30/h5-7H,8-9H2,1-4H3,(H,23,28). The number of thioether (sulfide) groups is 1. The summed E-state index contributed by atoms with van der Waals surface area (Å²) in [7, 11) is 1.39. The van der Waals surface area contributed by atoms with Gasteiger partial charge in [0.2, 0.25) is 5.16 Å². The molecule has 0 spiro atoms. The van der Waals surface area contributed by atoms with E-state index in [9.17, 15) is 19.2 Å². The Hall–Kier alpha value is -3.80. The van der Waals surface area contributed by atoms with Crippen molar-refractivity contribution in [1.82, 2.24) is 24.5 Å². The minimum Gasteiger partial charge on any atom is -0.455 e. The number of benzene rings is 1. The largest absolute Gasteiger partial charge is 0.455 e. The molecule has 170 valence electrons. The first kappa shape index (κ1) is 22.4. The zero-order valence-electron chi connectivity index (χ0n) is 18.3. The molecule has 0 saturated carbocycles. The molecule has 0 saturated heterocycles. The van der Waals surface area contributed by atoms with E-state index >= 15 is 0 Å². The van der Waals surface area contributed by atoms with Crippen molar-refractivity contribution in [2.24, 2.45) is 0 Å². The number of imide groups is 1. The fourth-order valence-electron chi connectivity index (χ4n) is 3.51. The van der Waals surface area contributed by atoms with Crippen molar-refractivity contribution < 1.29 is 23.9 Å². The number of nitrogens with one attached hydrogen (secondary N) is 1. The Balaban J connectivity index is 1.38. The molecule has 11 nitrogen and oxygen atoms in total. The van der Waals surface area contributed by atoms with Gasteiger partial charge in [-0.15, -0.1) is 5.10 Å². The van der Waals surface area contributed by atoms with E-state index in [2.05, 4.69) is 20.4 Å². The van der Waals surface area contributed by atoms with Crippen LogP contribution in [0.5, 0.6) is 0 Å². The second-order valence-corrected chi connectivity index (χ2v) is 8.16. The van der Waals surface area contributed by atoms with Crippen molar-refractivity contribution in [2.45, 2.75) is 25.4 Å². The number of carbonyl (C=O) groups excluding carboxylic acids is 4. The Morgan fingerprint density at radius 2 is 1.85 bits per heavy atom. The molecule has 1 N–H and O–H groups in total. The molecule has 12 heteroatoms. The van der Waals surface area contributed by atoms with Crippen LogP contribution in [0, 0.1) is 13.8 Å². The first-order valence-corrected chi connectivity index (χ1v) is 11.1. The highest BCUT2D eigenvalue weighted by Gasteiger charge is 2.32. The lowest BCUT2D eigenvalue weighted by atomic mass is 10.1. The average Bonchev–Trinajstić information content (AvgIpc) is 3.30. The molecule has 0 aliphatic carbocycles. The molecule has 0 radical (unpaired) electrons. The lowest BCUT2D eigenvalue weighted by Gasteiger charge is -2.10. The Morgan fingerprint density at radius 3 is 2.58 bits per heavy atom. The molecule has 2 aromatic heterocycles. The van der Waals surface area contributed by atoms with E-state index in [1.54, 1.807) is 11.4 Å². The third-order valence-corrected chi connectivity index (χ3v) is 5.81. The number of rotatable bonds is 6. The molecule has 1 aliphatic heterocycles. The fourth-order valence-corrected chi connectivity index (χ4v) is 3.85. The summed E-state index contributed by atoms with van der Waals surface area (Å²) in [6.07, 6.45) is 1.78. The van der Waals surface area contributed by atoms with E-state index < -0.39 is 30.3 Å². The van der Waals surface area contributed by atoms with Crippen LogP contribution in [0.2, 0.25) is 0 Å². The summed E-state index contributed by atoms with van der Waals surface area (Å²) >= 11 is 1.39. The number of aromatic nitrogens is 4. The van der Waals surface area contributed by atoms with Gasteiger partial charge in [0.25, 0.3) is 23.5 Å². The maximum absolute atomic E-state index is 12.4. The van der Waals surface area contributed by atoms with E-state index in [0.29, 0.717) is 33.6 Å². The summed E-state index contributed by atoms with van der Waals surface area (Å²) in [5, 5.41) is 7.48. The van der Waals surface area contributed by atoms with Crippen LogP contribution in [0.3, 0.4) is 0 Å². The number of hydrogen-bond donors (Lipinski definition) is 1. The lowest BCUT2D eigenvalue weighted by Crippen LogP contribution is -2.24. The van der Waals surface area contributed by atoms with Crippen LogP contribution < -0.4 is 5.32 Å². The average molecular weight is 468 g/mol. The van der Waals surface area contributed by atoms with Crippen LogP contribution in [0.4, 0.5) is 5.69 Å². The minimum atomic E-state index is -0.598. The van der Waals surface area contributed by atoms with Gasteiger partial charge in [-0.2, -0.15) is 4.98 Å². The van der Waals surface area contributed by atoms with E-state index in [4.69, 9.17) is 4.74 Å². The van der Waals surface area contributed by atoms with Gasteiger partial charge in [-0.3, -0.25) is 24.1 Å². The number of anilines is 1. The number of esters is 1. The molecule has 33 heavy (non-hydrogen) atoms. The number of hydrogen-bond acceptors (Lipinski definition) is 9. The Kier molecular flexibility index (Phi) is 5.85. The monoisotopic (exact) mass is 468 g/mol. The SMILES string of the molecule is CSc1nc2nc(C)c(CC(=O)OCC(=O)Nc3ccc4c(c3)C(=O)N(C)C4=O)c(C)n2n1. The lowest BCUT2D eigenvalue weighted by molar-refractivity contribution is -0.146. The van der Waals surface area contributed by atoms with Crippen molar-refractivity contribution in [3.63, 3.8) is 0 Å². The molecule has 0 unspecified atom stereocenters. The van der Waals surface area contributed by atoms with Gasteiger partial charge < -0.3 is 10.1 Å². The van der Waals surface area contributed by atoms with Gasteiger partial charge in [0.15, 0.2) is 6.61 Å². The molecule has 1 aliphatic rings. The molecule has 3 aromatic rings. The van der Waals surface area contributed by atoms with Gasteiger partial charge in [-0.1, -0.05) is 11.8 Å². The van der Waals surface area contributed by atoms with Gasteiger partial charge in [0, 0.05) is 29.7 Å². The summed E-state index contributed by atoms with van der Waals surface area (Å²) in [6, 6.07) is 4.41. The van der Waals surface area contributed by atoms with Crippen LogP contribution in [0.25, 0.3) is 5.78 Å².